The predicted molar refractivity (Wildman–Crippen MR) is 91.1 cm³/mol. The minimum Gasteiger partial charge on any atom is -0.296 e. The molecule has 4 heteroatoms. The van der Waals surface area contributed by atoms with Gasteiger partial charge < -0.3 is 0 Å². The zero-order valence-electron chi connectivity index (χ0n) is 13.5. The molecule has 1 aromatic rings. The van der Waals surface area contributed by atoms with Crippen molar-refractivity contribution in [3.63, 3.8) is 0 Å². The molecule has 1 aliphatic rings. The molecule has 21 heavy (non-hydrogen) atoms. The van der Waals surface area contributed by atoms with Gasteiger partial charge >= 0.3 is 0 Å². The molecular formula is C17H28N2OS. The van der Waals surface area contributed by atoms with Gasteiger partial charge in [0.05, 0.1) is 6.54 Å². The monoisotopic (exact) mass is 308 g/mol. The molecule has 1 unspecified atom stereocenters. The van der Waals surface area contributed by atoms with Gasteiger partial charge in [0.25, 0.3) is 0 Å². The third-order valence-corrected chi connectivity index (χ3v) is 5.08. The van der Waals surface area contributed by atoms with Gasteiger partial charge in [0.2, 0.25) is 0 Å². The van der Waals surface area contributed by atoms with Crippen molar-refractivity contribution in [1.29, 1.82) is 0 Å². The average Bonchev–Trinajstić information content (AvgIpc) is 2.47. The summed E-state index contributed by atoms with van der Waals surface area (Å²) in [6, 6.07) is 11.3. The summed E-state index contributed by atoms with van der Waals surface area (Å²) in [5, 5.41) is 0. The van der Waals surface area contributed by atoms with Crippen LogP contribution in [0.4, 0.5) is 0 Å². The number of benzene rings is 1. The first-order valence-electron chi connectivity index (χ1n) is 7.91. The summed E-state index contributed by atoms with van der Waals surface area (Å²) in [7, 11) is -1.94. The Morgan fingerprint density at radius 1 is 1.24 bits per heavy atom. The van der Waals surface area contributed by atoms with E-state index in [1.54, 1.807) is 12.5 Å². The van der Waals surface area contributed by atoms with Crippen molar-refractivity contribution in [3.05, 3.63) is 35.9 Å². The molecule has 1 atom stereocenters. The highest BCUT2D eigenvalue weighted by Crippen LogP contribution is 2.29. The molecule has 1 fully saturated rings. The third-order valence-electron chi connectivity index (χ3n) is 4.30. The third kappa shape index (κ3) is 5.11. The maximum Gasteiger partial charge on any atom is 0.0513 e. The number of nitrogens with zero attached hydrogens (tertiary/aromatic N) is 2. The van der Waals surface area contributed by atoms with E-state index in [0.717, 1.165) is 26.1 Å². The normalized spacial score (nSPS) is 19.4. The fourth-order valence-corrected chi connectivity index (χ4v) is 3.68. The quantitative estimate of drug-likeness (QED) is 0.833. The van der Waals surface area contributed by atoms with E-state index in [4.69, 9.17) is 0 Å². The Morgan fingerprint density at radius 2 is 1.86 bits per heavy atom. The summed E-state index contributed by atoms with van der Waals surface area (Å²) in [6.45, 7) is 5.29. The second-order valence-corrected chi connectivity index (χ2v) is 8.93. The van der Waals surface area contributed by atoms with Gasteiger partial charge in [-0.1, -0.05) is 37.3 Å². The maximum absolute atomic E-state index is 11.7. The van der Waals surface area contributed by atoms with Crippen LogP contribution in [0.1, 0.15) is 37.8 Å². The SMILES string of the molecule is CCC(c1ccccc1)N1CCC(CN=S(C)(C)=O)CC1. The number of likely N-dealkylation sites (tertiary alicyclic amines) is 1. The minimum absolute atomic E-state index is 0.533. The van der Waals surface area contributed by atoms with E-state index in [1.807, 2.05) is 0 Å². The van der Waals surface area contributed by atoms with Crippen molar-refractivity contribution in [1.82, 2.24) is 4.90 Å². The summed E-state index contributed by atoms with van der Waals surface area (Å²) in [4.78, 5) is 2.60. The highest BCUT2D eigenvalue weighted by molar-refractivity contribution is 7.92. The van der Waals surface area contributed by atoms with Crippen LogP contribution in [0.25, 0.3) is 0 Å². The Morgan fingerprint density at radius 3 is 2.38 bits per heavy atom. The molecule has 0 radical (unpaired) electrons. The molecule has 0 aromatic heterocycles. The van der Waals surface area contributed by atoms with Gasteiger partial charge in [-0.2, -0.15) is 0 Å². The van der Waals surface area contributed by atoms with Crippen LogP contribution in [-0.4, -0.2) is 41.3 Å². The molecule has 3 nitrogen and oxygen atoms in total. The fraction of sp³-hybridized carbons (Fsp3) is 0.647. The molecule has 1 aromatic carbocycles. The molecule has 0 aliphatic carbocycles. The molecule has 0 saturated carbocycles. The first kappa shape index (κ1) is 16.5. The Hall–Kier alpha value is -0.870. The largest absolute Gasteiger partial charge is 0.296 e. The number of hydrogen-bond acceptors (Lipinski definition) is 3. The van der Waals surface area contributed by atoms with Crippen LogP contribution in [0.15, 0.2) is 34.7 Å². The van der Waals surface area contributed by atoms with Crippen molar-refractivity contribution in [2.24, 2.45) is 10.3 Å². The topological polar surface area (TPSA) is 32.7 Å². The maximum atomic E-state index is 11.7. The number of rotatable bonds is 5. The zero-order valence-corrected chi connectivity index (χ0v) is 14.3. The van der Waals surface area contributed by atoms with Crippen molar-refractivity contribution in [2.75, 3.05) is 32.1 Å². The van der Waals surface area contributed by atoms with Crippen LogP contribution < -0.4 is 0 Å². The Kier molecular flexibility index (Phi) is 5.82. The molecule has 0 amide bonds. The van der Waals surface area contributed by atoms with Crippen molar-refractivity contribution >= 4 is 9.73 Å². The number of hydrogen-bond donors (Lipinski definition) is 0. The molecule has 0 spiro atoms. The lowest BCUT2D eigenvalue weighted by atomic mass is 9.93. The molecule has 1 saturated heterocycles. The molecule has 118 valence electrons. The zero-order chi connectivity index (χ0) is 15.3. The lowest BCUT2D eigenvalue weighted by molar-refractivity contribution is 0.131. The summed E-state index contributed by atoms with van der Waals surface area (Å²) >= 11 is 0. The first-order chi connectivity index (χ1) is 9.99. The van der Waals surface area contributed by atoms with E-state index < -0.39 is 9.73 Å². The van der Waals surface area contributed by atoms with Crippen molar-refractivity contribution < 1.29 is 4.21 Å². The number of piperidine rings is 1. The van der Waals surface area contributed by atoms with E-state index in [1.165, 1.54) is 18.4 Å². The van der Waals surface area contributed by atoms with Gasteiger partial charge in [-0.05, 0) is 43.8 Å². The molecule has 1 heterocycles. The van der Waals surface area contributed by atoms with Crippen LogP contribution in [0.2, 0.25) is 0 Å². The van der Waals surface area contributed by atoms with Gasteiger partial charge in [0.1, 0.15) is 0 Å². The molecule has 0 N–H and O–H groups in total. The van der Waals surface area contributed by atoms with E-state index in [-0.39, 0.29) is 0 Å². The van der Waals surface area contributed by atoms with Crippen LogP contribution in [0, 0.1) is 5.92 Å². The van der Waals surface area contributed by atoms with Crippen LogP contribution in [-0.2, 0) is 9.73 Å². The summed E-state index contributed by atoms with van der Waals surface area (Å²) in [5.41, 5.74) is 1.42. The lowest BCUT2D eigenvalue weighted by Gasteiger charge is -2.37. The van der Waals surface area contributed by atoms with Crippen LogP contribution in [0.3, 0.4) is 0 Å². The summed E-state index contributed by atoms with van der Waals surface area (Å²) < 4.78 is 16.0. The first-order valence-corrected chi connectivity index (χ1v) is 10.2. The van der Waals surface area contributed by atoms with Crippen LogP contribution >= 0.6 is 0 Å². The fourth-order valence-electron chi connectivity index (χ4n) is 3.11. The Bertz CT molecular complexity index is 533. The summed E-state index contributed by atoms with van der Waals surface area (Å²) in [6.07, 6.45) is 6.94. The second-order valence-electron chi connectivity index (χ2n) is 6.31. The van der Waals surface area contributed by atoms with Gasteiger partial charge in [0, 0.05) is 28.3 Å². The standard InChI is InChI=1S/C17H28N2OS/c1-4-17(16-8-6-5-7-9-16)19-12-10-15(11-13-19)14-18-21(2,3)20/h5-9,15,17H,4,10-14H2,1-3H3. The lowest BCUT2D eigenvalue weighted by Crippen LogP contribution is -2.37. The minimum atomic E-state index is -1.94. The molecule has 0 bridgehead atoms. The smallest absolute Gasteiger partial charge is 0.0513 e. The molecule has 2 rings (SSSR count). The Balaban J connectivity index is 1.92. The van der Waals surface area contributed by atoms with E-state index in [9.17, 15) is 4.21 Å². The van der Waals surface area contributed by atoms with E-state index in [0.29, 0.717) is 12.0 Å². The second kappa shape index (κ2) is 7.41. The molecular weight excluding hydrogens is 280 g/mol. The van der Waals surface area contributed by atoms with Crippen molar-refractivity contribution in [2.45, 2.75) is 32.2 Å². The van der Waals surface area contributed by atoms with Gasteiger partial charge in [-0.15, -0.1) is 0 Å². The predicted octanol–water partition coefficient (Wildman–Crippen LogP) is 3.58. The highest BCUT2D eigenvalue weighted by atomic mass is 32.2. The summed E-state index contributed by atoms with van der Waals surface area (Å²) in [5.74, 6) is 0.607. The van der Waals surface area contributed by atoms with E-state index in [2.05, 4.69) is 46.5 Å². The van der Waals surface area contributed by atoms with Gasteiger partial charge in [-0.25, -0.2) is 4.36 Å². The molecule has 1 aliphatic heterocycles. The van der Waals surface area contributed by atoms with Crippen LogP contribution in [0.5, 0.6) is 0 Å². The average molecular weight is 308 g/mol. The van der Waals surface area contributed by atoms with Crippen molar-refractivity contribution in [3.8, 4) is 0 Å². The van der Waals surface area contributed by atoms with Gasteiger partial charge in [-0.3, -0.25) is 9.11 Å². The highest BCUT2D eigenvalue weighted by Gasteiger charge is 2.24. The Labute approximate surface area is 129 Å². The van der Waals surface area contributed by atoms with E-state index >= 15 is 0 Å². The van der Waals surface area contributed by atoms with Gasteiger partial charge in [0.15, 0.2) is 0 Å².